The molecule has 140 valence electrons. The predicted molar refractivity (Wildman–Crippen MR) is 93.8 cm³/mol. The summed E-state index contributed by atoms with van der Waals surface area (Å²) in [6, 6.07) is 12.1. The number of benzene rings is 2. The van der Waals surface area contributed by atoms with Gasteiger partial charge in [0, 0.05) is 12.6 Å². The summed E-state index contributed by atoms with van der Waals surface area (Å²) >= 11 is 0. The molecule has 1 fully saturated rings. The van der Waals surface area contributed by atoms with Gasteiger partial charge in [0.1, 0.15) is 0 Å². The van der Waals surface area contributed by atoms with Crippen molar-refractivity contribution in [1.82, 2.24) is 4.31 Å². The minimum Gasteiger partial charge on any atom is -0.212 e. The van der Waals surface area contributed by atoms with Crippen LogP contribution in [0.15, 0.2) is 48.5 Å². The first-order valence-corrected chi connectivity index (χ1v) is 9.97. The summed E-state index contributed by atoms with van der Waals surface area (Å²) in [7, 11) is -3.72. The largest absolute Gasteiger partial charge is 0.416 e. The second kappa shape index (κ2) is 7.04. The summed E-state index contributed by atoms with van der Waals surface area (Å²) in [4.78, 5) is 0. The zero-order valence-corrected chi connectivity index (χ0v) is 15.1. The number of hydrogen-bond donors (Lipinski definition) is 0. The Labute approximate surface area is 151 Å². The summed E-state index contributed by atoms with van der Waals surface area (Å²) in [5.41, 5.74) is 1.27. The fraction of sp³-hybridized carbons (Fsp3) is 0.368. The van der Waals surface area contributed by atoms with E-state index in [4.69, 9.17) is 0 Å². The molecule has 0 amide bonds. The van der Waals surface area contributed by atoms with Crippen LogP contribution in [0.1, 0.15) is 35.1 Å². The summed E-state index contributed by atoms with van der Waals surface area (Å²) in [5, 5.41) is 0. The molecule has 2 aromatic carbocycles. The molecule has 3 rings (SSSR count). The molecular formula is C19H20F3NO2S. The van der Waals surface area contributed by atoms with Crippen molar-refractivity contribution in [3.8, 4) is 0 Å². The molecule has 1 aliphatic carbocycles. The number of sulfonamides is 1. The van der Waals surface area contributed by atoms with E-state index in [-0.39, 0.29) is 18.2 Å². The lowest BCUT2D eigenvalue weighted by molar-refractivity contribution is -0.137. The Morgan fingerprint density at radius 2 is 1.69 bits per heavy atom. The van der Waals surface area contributed by atoms with E-state index in [9.17, 15) is 21.6 Å². The van der Waals surface area contributed by atoms with Gasteiger partial charge in [-0.3, -0.25) is 0 Å². The van der Waals surface area contributed by atoms with Crippen LogP contribution >= 0.6 is 0 Å². The van der Waals surface area contributed by atoms with Crippen LogP contribution in [0.2, 0.25) is 0 Å². The van der Waals surface area contributed by atoms with Crippen LogP contribution in [0.5, 0.6) is 0 Å². The Morgan fingerprint density at radius 3 is 2.27 bits per heavy atom. The Morgan fingerprint density at radius 1 is 1.04 bits per heavy atom. The van der Waals surface area contributed by atoms with E-state index in [0.717, 1.165) is 36.1 Å². The van der Waals surface area contributed by atoms with Crippen molar-refractivity contribution in [1.29, 1.82) is 0 Å². The smallest absolute Gasteiger partial charge is 0.212 e. The lowest BCUT2D eigenvalue weighted by Gasteiger charge is -2.22. The topological polar surface area (TPSA) is 37.4 Å². The Bertz CT molecular complexity index is 872. The van der Waals surface area contributed by atoms with Crippen LogP contribution in [0.25, 0.3) is 0 Å². The normalized spacial score (nSPS) is 15.4. The van der Waals surface area contributed by atoms with E-state index < -0.39 is 27.5 Å². The molecule has 1 saturated carbocycles. The second-order valence-corrected chi connectivity index (χ2v) is 8.64. The zero-order valence-electron chi connectivity index (χ0n) is 14.3. The van der Waals surface area contributed by atoms with E-state index in [1.807, 2.05) is 31.2 Å². The first-order valence-electron chi connectivity index (χ1n) is 8.36. The first-order chi connectivity index (χ1) is 12.1. The molecule has 0 atom stereocenters. The molecule has 0 unspecified atom stereocenters. The average Bonchev–Trinajstić information content (AvgIpc) is 3.38. The van der Waals surface area contributed by atoms with Gasteiger partial charge in [0.15, 0.2) is 0 Å². The van der Waals surface area contributed by atoms with E-state index in [1.54, 1.807) is 0 Å². The minimum absolute atomic E-state index is 0.0629. The molecule has 0 aromatic heterocycles. The van der Waals surface area contributed by atoms with Crippen molar-refractivity contribution in [2.24, 2.45) is 0 Å². The Balaban J connectivity index is 1.81. The quantitative estimate of drug-likeness (QED) is 0.736. The van der Waals surface area contributed by atoms with Crippen LogP contribution in [0, 0.1) is 6.92 Å². The highest BCUT2D eigenvalue weighted by Gasteiger charge is 2.37. The molecule has 1 aliphatic rings. The van der Waals surface area contributed by atoms with Crippen molar-refractivity contribution in [2.45, 2.75) is 44.3 Å². The van der Waals surface area contributed by atoms with E-state index in [2.05, 4.69) is 0 Å². The molecule has 26 heavy (non-hydrogen) atoms. The third kappa shape index (κ3) is 4.65. The number of alkyl halides is 3. The summed E-state index contributed by atoms with van der Waals surface area (Å²) in [6.07, 6.45) is -2.92. The lowest BCUT2D eigenvalue weighted by Crippen LogP contribution is -2.33. The molecule has 0 bridgehead atoms. The highest BCUT2D eigenvalue weighted by atomic mass is 32.2. The minimum atomic E-state index is -4.49. The van der Waals surface area contributed by atoms with Crippen molar-refractivity contribution in [3.05, 3.63) is 70.8 Å². The lowest BCUT2D eigenvalue weighted by atomic mass is 10.1. The van der Waals surface area contributed by atoms with E-state index in [0.29, 0.717) is 0 Å². The summed E-state index contributed by atoms with van der Waals surface area (Å²) < 4.78 is 65.7. The fourth-order valence-corrected chi connectivity index (χ4v) is 4.60. The van der Waals surface area contributed by atoms with Gasteiger partial charge in [-0.2, -0.15) is 17.5 Å². The molecule has 7 heteroatoms. The number of rotatable bonds is 6. The van der Waals surface area contributed by atoms with Gasteiger partial charge in [0.25, 0.3) is 0 Å². The molecule has 0 saturated heterocycles. The maximum atomic E-state index is 12.9. The highest BCUT2D eigenvalue weighted by molar-refractivity contribution is 7.88. The first kappa shape index (κ1) is 18.9. The summed E-state index contributed by atoms with van der Waals surface area (Å²) in [5.74, 6) is -0.431. The summed E-state index contributed by atoms with van der Waals surface area (Å²) in [6.45, 7) is 2.19. The predicted octanol–water partition coefficient (Wildman–Crippen LogP) is 4.51. The van der Waals surface area contributed by atoms with Gasteiger partial charge in [0.05, 0.1) is 11.3 Å². The Hall–Kier alpha value is -1.86. The number of halogens is 3. The molecule has 0 heterocycles. The van der Waals surface area contributed by atoms with Gasteiger partial charge in [-0.25, -0.2) is 8.42 Å². The van der Waals surface area contributed by atoms with Crippen LogP contribution in [0.3, 0.4) is 0 Å². The SMILES string of the molecule is Cc1ccc(CN(C2CC2)S(=O)(=O)Cc2cccc(C(F)(F)F)c2)cc1. The second-order valence-electron chi connectivity index (χ2n) is 6.72. The van der Waals surface area contributed by atoms with Gasteiger partial charge in [-0.1, -0.05) is 48.0 Å². The van der Waals surface area contributed by atoms with Crippen molar-refractivity contribution >= 4 is 10.0 Å². The molecule has 0 spiro atoms. The maximum absolute atomic E-state index is 12.9. The van der Waals surface area contributed by atoms with Crippen LogP contribution in [0.4, 0.5) is 13.2 Å². The van der Waals surface area contributed by atoms with Crippen molar-refractivity contribution in [2.75, 3.05) is 0 Å². The van der Waals surface area contributed by atoms with Gasteiger partial charge >= 0.3 is 6.18 Å². The zero-order chi connectivity index (χ0) is 18.9. The number of aryl methyl sites for hydroxylation is 1. The standard InChI is InChI=1S/C19H20F3NO2S/c1-14-5-7-15(8-6-14)12-23(18-9-10-18)26(24,25)13-16-3-2-4-17(11-16)19(20,21)22/h2-8,11,18H,9-10,12-13H2,1H3. The third-order valence-electron chi connectivity index (χ3n) is 4.37. The molecule has 3 nitrogen and oxygen atoms in total. The van der Waals surface area contributed by atoms with Crippen molar-refractivity contribution in [3.63, 3.8) is 0 Å². The molecule has 0 radical (unpaired) electrons. The van der Waals surface area contributed by atoms with Gasteiger partial charge < -0.3 is 0 Å². The van der Waals surface area contributed by atoms with Crippen LogP contribution < -0.4 is 0 Å². The maximum Gasteiger partial charge on any atom is 0.416 e. The van der Waals surface area contributed by atoms with Crippen LogP contribution in [-0.2, 0) is 28.5 Å². The monoisotopic (exact) mass is 383 g/mol. The van der Waals surface area contributed by atoms with Gasteiger partial charge in [-0.05, 0) is 37.0 Å². The molecule has 0 N–H and O–H groups in total. The average molecular weight is 383 g/mol. The fourth-order valence-electron chi connectivity index (χ4n) is 2.82. The van der Waals surface area contributed by atoms with Crippen LogP contribution in [-0.4, -0.2) is 18.8 Å². The van der Waals surface area contributed by atoms with Gasteiger partial charge in [-0.15, -0.1) is 0 Å². The van der Waals surface area contributed by atoms with Crippen molar-refractivity contribution < 1.29 is 21.6 Å². The number of nitrogens with zero attached hydrogens (tertiary/aromatic N) is 1. The molecule has 0 aliphatic heterocycles. The molecule has 2 aromatic rings. The number of hydrogen-bond acceptors (Lipinski definition) is 2. The molecular weight excluding hydrogens is 363 g/mol. The van der Waals surface area contributed by atoms with E-state index >= 15 is 0 Å². The highest BCUT2D eigenvalue weighted by Crippen LogP contribution is 2.33. The third-order valence-corrected chi connectivity index (χ3v) is 6.21. The van der Waals surface area contributed by atoms with E-state index in [1.165, 1.54) is 16.4 Å². The van der Waals surface area contributed by atoms with Gasteiger partial charge in [0.2, 0.25) is 10.0 Å². The Kier molecular flexibility index (Phi) is 5.12.